The topological polar surface area (TPSA) is 21.3 Å². The Morgan fingerprint density at radius 3 is 1.80 bits per heavy atom. The first-order chi connectivity index (χ1) is 27.3. The standard InChI is InChI=1S/C52H34N2O/c1-3-12-35(13-4-1)38-14-11-17-42(32-38)53(43-29-31-46-45-19-8-10-21-50(45)55-51(46)34-43)41-27-24-36(25-28-41)39-23-22-37-26-30-47-44-18-7-9-20-49(44)54(52(47)48(37)33-39)40-15-5-2-6-16-40/h1-34H. The van der Waals surface area contributed by atoms with Crippen LogP contribution in [0.2, 0.25) is 0 Å². The molecule has 55 heavy (non-hydrogen) atoms. The molecule has 0 atom stereocenters. The molecule has 2 heterocycles. The smallest absolute Gasteiger partial charge is 0.137 e. The summed E-state index contributed by atoms with van der Waals surface area (Å²) in [6, 6.07) is 73.9. The maximum absolute atomic E-state index is 6.38. The van der Waals surface area contributed by atoms with Gasteiger partial charge in [-0.05, 0) is 94.4 Å². The maximum atomic E-state index is 6.38. The molecule has 0 aliphatic heterocycles. The molecule has 3 heteroatoms. The fourth-order valence-electron chi connectivity index (χ4n) is 8.36. The molecular formula is C52H34N2O. The van der Waals surface area contributed by atoms with E-state index in [1.165, 1.54) is 49.3 Å². The van der Waals surface area contributed by atoms with Crippen molar-refractivity contribution in [2.24, 2.45) is 0 Å². The molecule has 11 aromatic rings. The van der Waals surface area contributed by atoms with Crippen molar-refractivity contribution in [3.05, 3.63) is 206 Å². The summed E-state index contributed by atoms with van der Waals surface area (Å²) < 4.78 is 8.79. The first kappa shape index (κ1) is 31.2. The number of fused-ring (bicyclic) bond motifs is 8. The Morgan fingerprint density at radius 2 is 0.945 bits per heavy atom. The van der Waals surface area contributed by atoms with E-state index < -0.39 is 0 Å². The number of hydrogen-bond acceptors (Lipinski definition) is 2. The van der Waals surface area contributed by atoms with Gasteiger partial charge in [-0.3, -0.25) is 0 Å². The monoisotopic (exact) mass is 702 g/mol. The Bertz CT molecular complexity index is 3190. The second-order valence-corrected chi connectivity index (χ2v) is 14.2. The number of hydrogen-bond donors (Lipinski definition) is 0. The van der Waals surface area contributed by atoms with Crippen LogP contribution in [0.1, 0.15) is 0 Å². The molecule has 9 aromatic carbocycles. The van der Waals surface area contributed by atoms with Gasteiger partial charge < -0.3 is 13.9 Å². The molecule has 0 fully saturated rings. The van der Waals surface area contributed by atoms with E-state index in [-0.39, 0.29) is 0 Å². The summed E-state index contributed by atoms with van der Waals surface area (Å²) >= 11 is 0. The second kappa shape index (κ2) is 12.6. The van der Waals surface area contributed by atoms with Crippen molar-refractivity contribution < 1.29 is 4.42 Å². The number of furan rings is 1. The van der Waals surface area contributed by atoms with Gasteiger partial charge in [-0.15, -0.1) is 0 Å². The van der Waals surface area contributed by atoms with E-state index in [0.717, 1.165) is 50.3 Å². The van der Waals surface area contributed by atoms with E-state index in [4.69, 9.17) is 4.42 Å². The number of rotatable bonds is 6. The van der Waals surface area contributed by atoms with Crippen molar-refractivity contribution in [3.63, 3.8) is 0 Å². The molecule has 0 amide bonds. The van der Waals surface area contributed by atoms with E-state index in [1.807, 2.05) is 12.1 Å². The molecule has 0 spiro atoms. The molecule has 0 aliphatic rings. The van der Waals surface area contributed by atoms with Crippen molar-refractivity contribution in [1.29, 1.82) is 0 Å². The number of benzene rings is 9. The lowest BCUT2D eigenvalue weighted by Crippen LogP contribution is -2.10. The molecule has 258 valence electrons. The summed E-state index contributed by atoms with van der Waals surface area (Å²) in [7, 11) is 0. The van der Waals surface area contributed by atoms with Crippen molar-refractivity contribution in [2.75, 3.05) is 4.90 Å². The molecule has 0 N–H and O–H groups in total. The molecule has 0 bridgehead atoms. The van der Waals surface area contributed by atoms with Gasteiger partial charge in [0.25, 0.3) is 0 Å². The third-order valence-corrected chi connectivity index (χ3v) is 11.0. The van der Waals surface area contributed by atoms with Crippen LogP contribution in [0.4, 0.5) is 17.1 Å². The predicted molar refractivity (Wildman–Crippen MR) is 231 cm³/mol. The predicted octanol–water partition coefficient (Wildman–Crippen LogP) is 14.6. The molecule has 2 aromatic heterocycles. The van der Waals surface area contributed by atoms with Crippen molar-refractivity contribution in [1.82, 2.24) is 4.57 Å². The van der Waals surface area contributed by atoms with Crippen molar-refractivity contribution in [3.8, 4) is 27.9 Å². The Labute approximate surface area is 318 Å². The number of nitrogens with zero attached hydrogens (tertiary/aromatic N) is 2. The van der Waals surface area contributed by atoms with Crippen LogP contribution in [0.25, 0.3) is 82.5 Å². The van der Waals surface area contributed by atoms with Crippen molar-refractivity contribution >= 4 is 71.6 Å². The first-order valence-corrected chi connectivity index (χ1v) is 18.8. The molecule has 0 aliphatic carbocycles. The van der Waals surface area contributed by atoms with Crippen LogP contribution in [0.3, 0.4) is 0 Å². The summed E-state index contributed by atoms with van der Waals surface area (Å²) in [5.41, 5.74) is 13.2. The lowest BCUT2D eigenvalue weighted by Gasteiger charge is -2.26. The summed E-state index contributed by atoms with van der Waals surface area (Å²) in [6.07, 6.45) is 0. The minimum atomic E-state index is 0.870. The SMILES string of the molecule is c1ccc(-c2cccc(N(c3ccc(-c4ccc5ccc6c7ccccc7n(-c7ccccc7)c6c5c4)cc3)c3ccc4c(c3)oc3ccccc34)c2)cc1. The van der Waals surface area contributed by atoms with E-state index >= 15 is 0 Å². The third-order valence-electron chi connectivity index (χ3n) is 11.0. The maximum Gasteiger partial charge on any atom is 0.137 e. The van der Waals surface area contributed by atoms with Crippen LogP contribution in [0, 0.1) is 0 Å². The molecule has 0 saturated carbocycles. The van der Waals surface area contributed by atoms with Gasteiger partial charge in [0, 0.05) is 55.7 Å². The Kier molecular flexibility index (Phi) is 7.17. The summed E-state index contributed by atoms with van der Waals surface area (Å²) in [4.78, 5) is 2.32. The third kappa shape index (κ3) is 5.20. The fraction of sp³-hybridized carbons (Fsp3) is 0. The Hall–Kier alpha value is -7.36. The Balaban J connectivity index is 1.05. The summed E-state index contributed by atoms with van der Waals surface area (Å²) in [6.45, 7) is 0. The molecule has 0 radical (unpaired) electrons. The fourth-order valence-corrected chi connectivity index (χ4v) is 8.36. The van der Waals surface area contributed by atoms with Crippen LogP contribution in [-0.2, 0) is 0 Å². The highest BCUT2D eigenvalue weighted by atomic mass is 16.3. The molecule has 0 saturated heterocycles. The van der Waals surface area contributed by atoms with E-state index in [2.05, 4.69) is 204 Å². The van der Waals surface area contributed by atoms with Gasteiger partial charge in [0.1, 0.15) is 11.2 Å². The normalized spacial score (nSPS) is 11.6. The van der Waals surface area contributed by atoms with E-state index in [1.54, 1.807) is 0 Å². The molecule has 11 rings (SSSR count). The van der Waals surface area contributed by atoms with Gasteiger partial charge in [-0.2, -0.15) is 0 Å². The first-order valence-electron chi connectivity index (χ1n) is 18.8. The summed E-state index contributed by atoms with van der Waals surface area (Å²) in [5.74, 6) is 0. The number of aromatic nitrogens is 1. The van der Waals surface area contributed by atoms with Gasteiger partial charge in [-0.25, -0.2) is 0 Å². The lowest BCUT2D eigenvalue weighted by atomic mass is 9.99. The second-order valence-electron chi connectivity index (χ2n) is 14.2. The summed E-state index contributed by atoms with van der Waals surface area (Å²) in [5, 5.41) is 7.22. The Morgan fingerprint density at radius 1 is 0.345 bits per heavy atom. The van der Waals surface area contributed by atoms with Crippen LogP contribution < -0.4 is 4.90 Å². The molecule has 3 nitrogen and oxygen atoms in total. The average molecular weight is 703 g/mol. The van der Waals surface area contributed by atoms with Crippen LogP contribution in [-0.4, -0.2) is 4.57 Å². The quantitative estimate of drug-likeness (QED) is 0.172. The van der Waals surface area contributed by atoms with Crippen LogP contribution in [0.5, 0.6) is 0 Å². The minimum absolute atomic E-state index is 0.870. The lowest BCUT2D eigenvalue weighted by molar-refractivity contribution is 0.669. The zero-order chi connectivity index (χ0) is 36.3. The van der Waals surface area contributed by atoms with E-state index in [0.29, 0.717) is 0 Å². The largest absolute Gasteiger partial charge is 0.456 e. The van der Waals surface area contributed by atoms with E-state index in [9.17, 15) is 0 Å². The minimum Gasteiger partial charge on any atom is -0.456 e. The highest BCUT2D eigenvalue weighted by Crippen LogP contribution is 2.42. The van der Waals surface area contributed by atoms with Gasteiger partial charge in [0.05, 0.1) is 11.0 Å². The van der Waals surface area contributed by atoms with Crippen LogP contribution in [0.15, 0.2) is 211 Å². The van der Waals surface area contributed by atoms with Gasteiger partial charge >= 0.3 is 0 Å². The zero-order valence-corrected chi connectivity index (χ0v) is 29.9. The number of anilines is 3. The zero-order valence-electron chi connectivity index (χ0n) is 29.9. The molecule has 0 unspecified atom stereocenters. The van der Waals surface area contributed by atoms with Gasteiger partial charge in [0.2, 0.25) is 0 Å². The van der Waals surface area contributed by atoms with Crippen molar-refractivity contribution in [2.45, 2.75) is 0 Å². The van der Waals surface area contributed by atoms with Gasteiger partial charge in [-0.1, -0.05) is 133 Å². The average Bonchev–Trinajstić information content (AvgIpc) is 3.80. The van der Waals surface area contributed by atoms with Crippen LogP contribution >= 0.6 is 0 Å². The molecular weight excluding hydrogens is 669 g/mol. The highest BCUT2D eigenvalue weighted by molar-refractivity contribution is 6.19. The number of para-hydroxylation sites is 3. The van der Waals surface area contributed by atoms with Gasteiger partial charge in [0.15, 0.2) is 0 Å². The highest BCUT2D eigenvalue weighted by Gasteiger charge is 2.18.